The molecule has 4 rings (SSSR count). The summed E-state index contributed by atoms with van der Waals surface area (Å²) in [7, 11) is 1.56. The molecule has 0 saturated carbocycles. The van der Waals surface area contributed by atoms with E-state index in [-0.39, 0.29) is 11.7 Å². The number of piperidine rings is 1. The van der Waals surface area contributed by atoms with Crippen LogP contribution in [0.3, 0.4) is 0 Å². The molecular weight excluding hydrogens is 349 g/mol. The molecule has 1 aromatic carbocycles. The monoisotopic (exact) mass is 369 g/mol. The summed E-state index contributed by atoms with van der Waals surface area (Å²) in [5, 5.41) is 10.1. The Morgan fingerprint density at radius 1 is 1.33 bits per heavy atom. The first kappa shape index (κ1) is 17.3. The fourth-order valence-electron chi connectivity index (χ4n) is 3.80. The Bertz CT molecular complexity index is 1000. The number of nitrogens with zero attached hydrogens (tertiary/aromatic N) is 2. The zero-order valence-electron chi connectivity index (χ0n) is 14.9. The fourth-order valence-corrected chi connectivity index (χ4v) is 3.80. The van der Waals surface area contributed by atoms with E-state index < -0.39 is 6.09 Å². The molecule has 1 unspecified atom stereocenters. The van der Waals surface area contributed by atoms with Gasteiger partial charge in [-0.15, -0.1) is 0 Å². The standard InChI is InChI=1S/C20H20FN3O3/c1-27-18-5-4-13(21)9-15(18)14-6-7-22-19-16(14)10-17(23-19)12-3-2-8-24(11-12)20(25)26/h4-7,9-10,12H,2-3,8,11H2,1H3,(H,22,23)(H,25,26). The van der Waals surface area contributed by atoms with Gasteiger partial charge in [-0.2, -0.15) is 0 Å². The Balaban J connectivity index is 1.77. The molecule has 1 aliphatic rings. The van der Waals surface area contributed by atoms with E-state index in [2.05, 4.69) is 9.97 Å². The van der Waals surface area contributed by atoms with Crippen molar-refractivity contribution in [1.82, 2.24) is 14.9 Å². The van der Waals surface area contributed by atoms with Crippen molar-refractivity contribution in [3.63, 3.8) is 0 Å². The van der Waals surface area contributed by atoms with Crippen LogP contribution in [0.2, 0.25) is 0 Å². The molecule has 1 aliphatic heterocycles. The van der Waals surface area contributed by atoms with Gasteiger partial charge in [-0.05, 0) is 48.7 Å². The van der Waals surface area contributed by atoms with Gasteiger partial charge in [0.15, 0.2) is 0 Å². The number of pyridine rings is 1. The molecule has 0 spiro atoms. The smallest absolute Gasteiger partial charge is 0.407 e. The van der Waals surface area contributed by atoms with E-state index >= 15 is 0 Å². The molecule has 1 atom stereocenters. The average Bonchev–Trinajstić information content (AvgIpc) is 3.12. The quantitative estimate of drug-likeness (QED) is 0.724. The fraction of sp³-hybridized carbons (Fsp3) is 0.300. The van der Waals surface area contributed by atoms with Gasteiger partial charge in [0.1, 0.15) is 17.2 Å². The van der Waals surface area contributed by atoms with Crippen LogP contribution in [0.4, 0.5) is 9.18 Å². The van der Waals surface area contributed by atoms with Crippen molar-refractivity contribution >= 4 is 17.1 Å². The molecule has 140 valence electrons. The second-order valence-corrected chi connectivity index (χ2v) is 6.76. The number of fused-ring (bicyclic) bond motifs is 1. The van der Waals surface area contributed by atoms with Crippen LogP contribution in [-0.2, 0) is 0 Å². The van der Waals surface area contributed by atoms with Crippen molar-refractivity contribution in [2.45, 2.75) is 18.8 Å². The van der Waals surface area contributed by atoms with Crippen LogP contribution >= 0.6 is 0 Å². The third kappa shape index (κ3) is 3.20. The molecule has 0 bridgehead atoms. The molecular formula is C20H20FN3O3. The molecule has 3 aromatic rings. The molecule has 1 amide bonds. The lowest BCUT2D eigenvalue weighted by molar-refractivity contribution is 0.130. The third-order valence-corrected chi connectivity index (χ3v) is 5.14. The summed E-state index contributed by atoms with van der Waals surface area (Å²) in [4.78, 5) is 20.5. The van der Waals surface area contributed by atoms with E-state index in [1.807, 2.05) is 12.1 Å². The normalized spacial score (nSPS) is 17.3. The Hall–Kier alpha value is -3.09. The number of carbonyl (C=O) groups is 1. The van der Waals surface area contributed by atoms with Gasteiger partial charge in [0.05, 0.1) is 7.11 Å². The van der Waals surface area contributed by atoms with Crippen molar-refractivity contribution in [3.05, 3.63) is 48.0 Å². The van der Waals surface area contributed by atoms with Crippen LogP contribution in [0.1, 0.15) is 24.5 Å². The lowest BCUT2D eigenvalue weighted by Crippen LogP contribution is -2.38. The van der Waals surface area contributed by atoms with Crippen LogP contribution in [0, 0.1) is 5.82 Å². The highest BCUT2D eigenvalue weighted by atomic mass is 19.1. The lowest BCUT2D eigenvalue weighted by Gasteiger charge is -2.30. The largest absolute Gasteiger partial charge is 0.496 e. The number of likely N-dealkylation sites (tertiary alicyclic amines) is 1. The maximum Gasteiger partial charge on any atom is 0.407 e. The van der Waals surface area contributed by atoms with Gasteiger partial charge in [-0.1, -0.05) is 0 Å². The molecule has 1 saturated heterocycles. The molecule has 2 N–H and O–H groups in total. The van der Waals surface area contributed by atoms with Gasteiger partial charge < -0.3 is 19.7 Å². The van der Waals surface area contributed by atoms with Crippen molar-refractivity contribution in [2.75, 3.05) is 20.2 Å². The summed E-state index contributed by atoms with van der Waals surface area (Å²) < 4.78 is 19.2. The Morgan fingerprint density at radius 2 is 2.19 bits per heavy atom. The highest BCUT2D eigenvalue weighted by Gasteiger charge is 2.26. The van der Waals surface area contributed by atoms with E-state index in [0.29, 0.717) is 30.0 Å². The van der Waals surface area contributed by atoms with Crippen molar-refractivity contribution in [3.8, 4) is 16.9 Å². The number of carboxylic acid groups (broad SMARTS) is 1. The number of H-pyrrole nitrogens is 1. The molecule has 2 aromatic heterocycles. The maximum atomic E-state index is 13.8. The minimum atomic E-state index is -0.890. The first-order valence-corrected chi connectivity index (χ1v) is 8.86. The lowest BCUT2D eigenvalue weighted by atomic mass is 9.94. The van der Waals surface area contributed by atoms with Gasteiger partial charge >= 0.3 is 6.09 Å². The number of rotatable bonds is 3. The number of nitrogens with one attached hydrogen (secondary N) is 1. The zero-order chi connectivity index (χ0) is 19.0. The van der Waals surface area contributed by atoms with Gasteiger partial charge in [0.2, 0.25) is 0 Å². The summed E-state index contributed by atoms with van der Waals surface area (Å²) >= 11 is 0. The first-order valence-electron chi connectivity index (χ1n) is 8.86. The molecule has 0 aliphatic carbocycles. The van der Waals surface area contributed by atoms with Gasteiger partial charge in [-0.25, -0.2) is 14.2 Å². The number of benzene rings is 1. The summed E-state index contributed by atoms with van der Waals surface area (Å²) in [5.74, 6) is 0.337. The minimum absolute atomic E-state index is 0.0892. The van der Waals surface area contributed by atoms with E-state index in [1.165, 1.54) is 17.0 Å². The molecule has 1 fully saturated rings. The zero-order valence-corrected chi connectivity index (χ0v) is 14.9. The first-order chi connectivity index (χ1) is 13.1. The number of ether oxygens (including phenoxy) is 1. The maximum absolute atomic E-state index is 13.8. The molecule has 6 nitrogen and oxygen atoms in total. The van der Waals surface area contributed by atoms with Crippen LogP contribution < -0.4 is 4.74 Å². The SMILES string of the molecule is COc1ccc(F)cc1-c1ccnc2[nH]c(C3CCCN(C(=O)O)C3)cc12. The number of aromatic nitrogens is 2. The van der Waals surface area contributed by atoms with Crippen LogP contribution in [0.15, 0.2) is 36.5 Å². The van der Waals surface area contributed by atoms with Crippen molar-refractivity contribution < 1.29 is 19.0 Å². The highest BCUT2D eigenvalue weighted by molar-refractivity contribution is 5.95. The number of halogens is 1. The van der Waals surface area contributed by atoms with E-state index in [4.69, 9.17) is 4.74 Å². The van der Waals surface area contributed by atoms with Crippen molar-refractivity contribution in [1.29, 1.82) is 0 Å². The second kappa shape index (κ2) is 6.90. The van der Waals surface area contributed by atoms with E-state index in [9.17, 15) is 14.3 Å². The number of amides is 1. The Labute approximate surface area is 155 Å². The minimum Gasteiger partial charge on any atom is -0.496 e. The number of hydrogen-bond acceptors (Lipinski definition) is 3. The number of aromatic amines is 1. The Kier molecular flexibility index (Phi) is 4.43. The third-order valence-electron chi connectivity index (χ3n) is 5.14. The Morgan fingerprint density at radius 3 is 2.96 bits per heavy atom. The van der Waals surface area contributed by atoms with Crippen LogP contribution in [0.25, 0.3) is 22.2 Å². The molecule has 3 heterocycles. The number of hydrogen-bond donors (Lipinski definition) is 2. The molecule has 27 heavy (non-hydrogen) atoms. The second-order valence-electron chi connectivity index (χ2n) is 6.76. The highest BCUT2D eigenvalue weighted by Crippen LogP contribution is 2.37. The van der Waals surface area contributed by atoms with Crippen molar-refractivity contribution in [2.24, 2.45) is 0 Å². The van der Waals surface area contributed by atoms with E-state index in [1.54, 1.807) is 19.4 Å². The summed E-state index contributed by atoms with van der Waals surface area (Å²) in [6.45, 7) is 1.02. The average molecular weight is 369 g/mol. The van der Waals surface area contributed by atoms with Crippen LogP contribution in [-0.4, -0.2) is 46.3 Å². The van der Waals surface area contributed by atoms with Gasteiger partial charge in [0.25, 0.3) is 0 Å². The topological polar surface area (TPSA) is 78.5 Å². The summed E-state index contributed by atoms with van der Waals surface area (Å²) in [5.41, 5.74) is 3.13. The van der Waals surface area contributed by atoms with Crippen LogP contribution in [0.5, 0.6) is 5.75 Å². The summed E-state index contributed by atoms with van der Waals surface area (Å²) in [6.07, 6.45) is 2.52. The summed E-state index contributed by atoms with van der Waals surface area (Å²) in [6, 6.07) is 8.26. The van der Waals surface area contributed by atoms with Gasteiger partial charge in [0, 0.05) is 41.8 Å². The van der Waals surface area contributed by atoms with E-state index in [0.717, 1.165) is 29.5 Å². The number of methoxy groups -OCH3 is 1. The molecule has 7 heteroatoms. The predicted octanol–water partition coefficient (Wildman–Crippen LogP) is 4.24. The van der Waals surface area contributed by atoms with Gasteiger partial charge in [-0.3, -0.25) is 0 Å². The predicted molar refractivity (Wildman–Crippen MR) is 99.6 cm³/mol. The molecule has 0 radical (unpaired) electrons.